The molecule has 104 valence electrons. The van der Waals surface area contributed by atoms with Gasteiger partial charge in [0.25, 0.3) is 0 Å². The zero-order valence-electron chi connectivity index (χ0n) is 11.0. The van der Waals surface area contributed by atoms with Gasteiger partial charge in [0.2, 0.25) is 5.91 Å². The van der Waals surface area contributed by atoms with Crippen LogP contribution >= 0.6 is 0 Å². The molecule has 0 aliphatic carbocycles. The highest BCUT2D eigenvalue weighted by Crippen LogP contribution is 2.24. The van der Waals surface area contributed by atoms with Gasteiger partial charge in [-0.3, -0.25) is 4.79 Å². The molecule has 1 aromatic carbocycles. The molecule has 0 spiro atoms. The Labute approximate surface area is 112 Å². The van der Waals surface area contributed by atoms with Gasteiger partial charge in [0.1, 0.15) is 11.6 Å². The van der Waals surface area contributed by atoms with Crippen LogP contribution in [0, 0.1) is 0 Å². The highest BCUT2D eigenvalue weighted by atomic mass is 16.5. The molecule has 0 radical (unpaired) electrons. The molecule has 1 saturated heterocycles. The topological polar surface area (TPSA) is 84.6 Å². The number of nitrogens with two attached hydrogens (primary N) is 1. The van der Waals surface area contributed by atoms with Crippen molar-refractivity contribution >= 4 is 5.91 Å². The van der Waals surface area contributed by atoms with Crippen molar-refractivity contribution in [1.82, 2.24) is 5.32 Å². The second kappa shape index (κ2) is 5.69. The fourth-order valence-electron chi connectivity index (χ4n) is 2.16. The van der Waals surface area contributed by atoms with Crippen LogP contribution in [-0.2, 0) is 9.53 Å². The number of amides is 1. The minimum atomic E-state index is -0.994. The molecule has 1 aliphatic heterocycles. The maximum Gasteiger partial charge on any atom is 0.241 e. The Hall–Kier alpha value is -1.43. The number of carbonyl (C=O) groups is 1. The first-order valence-electron chi connectivity index (χ1n) is 6.45. The summed E-state index contributed by atoms with van der Waals surface area (Å²) < 4.78 is 5.31. The molecule has 1 amide bonds. The number of hydrogen-bond donors (Lipinski definition) is 3. The number of hydrogen-bond acceptors (Lipinski definition) is 4. The molecule has 1 heterocycles. The minimum Gasteiger partial charge on any atom is -0.385 e. The van der Waals surface area contributed by atoms with Crippen LogP contribution in [0.4, 0.5) is 0 Å². The summed E-state index contributed by atoms with van der Waals surface area (Å²) in [5.41, 5.74) is 5.63. The Morgan fingerprint density at radius 3 is 2.84 bits per heavy atom. The third-order valence-electron chi connectivity index (χ3n) is 3.67. The number of nitrogens with one attached hydrogen (secondary N) is 1. The normalized spacial score (nSPS) is 28.1. The SMILES string of the molecule is CC1OCCC1(O)CNC(=O)C(N)c1ccccc1. The lowest BCUT2D eigenvalue weighted by atomic mass is 9.96. The minimum absolute atomic E-state index is 0.160. The fraction of sp³-hybridized carbons (Fsp3) is 0.500. The third kappa shape index (κ3) is 3.12. The van der Waals surface area contributed by atoms with Crippen molar-refractivity contribution in [1.29, 1.82) is 0 Å². The summed E-state index contributed by atoms with van der Waals surface area (Å²) in [4.78, 5) is 12.0. The van der Waals surface area contributed by atoms with Crippen LogP contribution in [0.15, 0.2) is 30.3 Å². The summed E-state index contributed by atoms with van der Waals surface area (Å²) >= 11 is 0. The molecule has 2 rings (SSSR count). The standard InChI is InChI=1S/C14H20N2O3/c1-10-14(18,7-8-19-10)9-16-13(17)12(15)11-5-3-2-4-6-11/h2-6,10,12,18H,7-9,15H2,1H3,(H,16,17). The molecule has 3 atom stereocenters. The van der Waals surface area contributed by atoms with E-state index in [4.69, 9.17) is 10.5 Å². The zero-order chi connectivity index (χ0) is 13.9. The van der Waals surface area contributed by atoms with E-state index in [2.05, 4.69) is 5.32 Å². The largest absolute Gasteiger partial charge is 0.385 e. The predicted molar refractivity (Wildman–Crippen MR) is 71.4 cm³/mol. The van der Waals surface area contributed by atoms with Crippen molar-refractivity contribution in [3.8, 4) is 0 Å². The van der Waals surface area contributed by atoms with E-state index in [-0.39, 0.29) is 18.6 Å². The van der Waals surface area contributed by atoms with E-state index in [1.165, 1.54) is 0 Å². The quantitative estimate of drug-likeness (QED) is 0.732. The van der Waals surface area contributed by atoms with Crippen molar-refractivity contribution in [2.24, 2.45) is 5.73 Å². The van der Waals surface area contributed by atoms with E-state index in [1.807, 2.05) is 18.2 Å². The summed E-state index contributed by atoms with van der Waals surface area (Å²) in [6.07, 6.45) is 0.246. The summed E-state index contributed by atoms with van der Waals surface area (Å²) in [6.45, 7) is 2.47. The lowest BCUT2D eigenvalue weighted by Gasteiger charge is -2.26. The molecule has 1 aromatic rings. The van der Waals surface area contributed by atoms with E-state index < -0.39 is 11.6 Å². The van der Waals surface area contributed by atoms with Crippen LogP contribution in [0.5, 0.6) is 0 Å². The molecule has 1 aliphatic rings. The molecular formula is C14H20N2O3. The summed E-state index contributed by atoms with van der Waals surface area (Å²) in [6, 6.07) is 8.43. The van der Waals surface area contributed by atoms with Crippen molar-refractivity contribution in [3.05, 3.63) is 35.9 Å². The van der Waals surface area contributed by atoms with E-state index in [9.17, 15) is 9.90 Å². The highest BCUT2D eigenvalue weighted by molar-refractivity contribution is 5.82. The summed E-state index contributed by atoms with van der Waals surface area (Å²) in [5, 5.41) is 13.0. The Bertz CT molecular complexity index is 438. The molecule has 0 bridgehead atoms. The van der Waals surface area contributed by atoms with Crippen molar-refractivity contribution in [2.75, 3.05) is 13.2 Å². The van der Waals surface area contributed by atoms with Gasteiger partial charge in [-0.25, -0.2) is 0 Å². The summed E-state index contributed by atoms with van der Waals surface area (Å²) in [7, 11) is 0. The van der Waals surface area contributed by atoms with Crippen molar-refractivity contribution in [3.63, 3.8) is 0 Å². The monoisotopic (exact) mass is 264 g/mol. The predicted octanol–water partition coefficient (Wildman–Crippen LogP) is 0.343. The smallest absolute Gasteiger partial charge is 0.241 e. The van der Waals surface area contributed by atoms with Gasteiger partial charge in [0.15, 0.2) is 0 Å². The van der Waals surface area contributed by atoms with Crippen LogP contribution in [-0.4, -0.2) is 35.9 Å². The molecule has 0 saturated carbocycles. The lowest BCUT2D eigenvalue weighted by Crippen LogP contribution is -2.49. The molecule has 5 nitrogen and oxygen atoms in total. The van der Waals surface area contributed by atoms with E-state index in [0.717, 1.165) is 5.56 Å². The van der Waals surface area contributed by atoms with Gasteiger partial charge in [-0.1, -0.05) is 30.3 Å². The zero-order valence-corrected chi connectivity index (χ0v) is 11.0. The van der Waals surface area contributed by atoms with Gasteiger partial charge in [0, 0.05) is 19.6 Å². The Kier molecular flexibility index (Phi) is 4.19. The Morgan fingerprint density at radius 1 is 1.58 bits per heavy atom. The van der Waals surface area contributed by atoms with Crippen LogP contribution < -0.4 is 11.1 Å². The number of rotatable bonds is 4. The van der Waals surface area contributed by atoms with Gasteiger partial charge in [-0.2, -0.15) is 0 Å². The molecule has 1 fully saturated rings. The van der Waals surface area contributed by atoms with E-state index in [0.29, 0.717) is 13.0 Å². The van der Waals surface area contributed by atoms with Crippen LogP contribution in [0.25, 0.3) is 0 Å². The first-order chi connectivity index (χ1) is 9.03. The van der Waals surface area contributed by atoms with Crippen molar-refractivity contribution < 1.29 is 14.6 Å². The van der Waals surface area contributed by atoms with Crippen molar-refractivity contribution in [2.45, 2.75) is 31.1 Å². The van der Waals surface area contributed by atoms with Gasteiger partial charge in [0.05, 0.1) is 6.10 Å². The van der Waals surface area contributed by atoms with Crippen LogP contribution in [0.2, 0.25) is 0 Å². The number of ether oxygens (including phenoxy) is 1. The molecule has 4 N–H and O–H groups in total. The maximum atomic E-state index is 12.0. The Morgan fingerprint density at radius 2 is 2.26 bits per heavy atom. The Balaban J connectivity index is 1.91. The maximum absolute atomic E-state index is 12.0. The van der Waals surface area contributed by atoms with Gasteiger partial charge in [-0.15, -0.1) is 0 Å². The number of benzene rings is 1. The lowest BCUT2D eigenvalue weighted by molar-refractivity contribution is -0.124. The van der Waals surface area contributed by atoms with Crippen LogP contribution in [0.1, 0.15) is 24.9 Å². The molecular weight excluding hydrogens is 244 g/mol. The molecule has 5 heteroatoms. The average molecular weight is 264 g/mol. The third-order valence-corrected chi connectivity index (χ3v) is 3.67. The second-order valence-corrected chi connectivity index (χ2v) is 4.97. The molecule has 0 aromatic heterocycles. The summed E-state index contributed by atoms with van der Waals surface area (Å²) in [5.74, 6) is -0.293. The van der Waals surface area contributed by atoms with Gasteiger partial charge < -0.3 is 20.9 Å². The fourth-order valence-corrected chi connectivity index (χ4v) is 2.16. The number of aliphatic hydroxyl groups is 1. The van der Waals surface area contributed by atoms with E-state index in [1.54, 1.807) is 19.1 Å². The molecule has 3 unspecified atom stereocenters. The first-order valence-corrected chi connectivity index (χ1v) is 6.45. The van der Waals surface area contributed by atoms with E-state index >= 15 is 0 Å². The van der Waals surface area contributed by atoms with Gasteiger partial charge in [-0.05, 0) is 12.5 Å². The highest BCUT2D eigenvalue weighted by Gasteiger charge is 2.39. The first kappa shape index (κ1) is 14.0. The van der Waals surface area contributed by atoms with Crippen LogP contribution in [0.3, 0.4) is 0 Å². The number of carbonyl (C=O) groups excluding carboxylic acids is 1. The average Bonchev–Trinajstić information content (AvgIpc) is 2.77. The van der Waals surface area contributed by atoms with Gasteiger partial charge >= 0.3 is 0 Å². The molecule has 19 heavy (non-hydrogen) atoms. The second-order valence-electron chi connectivity index (χ2n) is 4.97.